The third kappa shape index (κ3) is 5.70. The number of hydrogen-bond acceptors (Lipinski definition) is 3. The highest BCUT2D eigenvalue weighted by atomic mass is 16.1. The smallest absolute Gasteiger partial charge is 0.231 e. The Balaban J connectivity index is 4.09. The zero-order valence-corrected chi connectivity index (χ0v) is 9.25. The van der Waals surface area contributed by atoms with E-state index in [2.05, 4.69) is 0 Å². The SMILES string of the molecule is CCCC(=O)CN(CC(N)=O)C(C)C. The summed E-state index contributed by atoms with van der Waals surface area (Å²) >= 11 is 0. The summed E-state index contributed by atoms with van der Waals surface area (Å²) in [6.07, 6.45) is 1.42. The van der Waals surface area contributed by atoms with E-state index in [9.17, 15) is 9.59 Å². The maximum Gasteiger partial charge on any atom is 0.231 e. The van der Waals surface area contributed by atoms with E-state index in [0.29, 0.717) is 13.0 Å². The molecule has 0 fully saturated rings. The number of amides is 1. The van der Waals surface area contributed by atoms with Crippen molar-refractivity contribution in [3.05, 3.63) is 0 Å². The maximum atomic E-state index is 11.3. The van der Waals surface area contributed by atoms with Crippen molar-refractivity contribution in [2.75, 3.05) is 13.1 Å². The molecule has 0 aliphatic heterocycles. The monoisotopic (exact) mass is 200 g/mol. The molecule has 0 saturated heterocycles. The van der Waals surface area contributed by atoms with E-state index < -0.39 is 0 Å². The molecule has 2 N–H and O–H groups in total. The molecule has 0 aromatic heterocycles. The Kier molecular flexibility index (Phi) is 6.12. The number of rotatable bonds is 7. The second-order valence-electron chi connectivity index (χ2n) is 3.75. The Morgan fingerprint density at radius 3 is 2.21 bits per heavy atom. The van der Waals surface area contributed by atoms with E-state index in [1.807, 2.05) is 20.8 Å². The van der Waals surface area contributed by atoms with Crippen molar-refractivity contribution in [2.24, 2.45) is 5.73 Å². The van der Waals surface area contributed by atoms with Gasteiger partial charge in [0.15, 0.2) is 0 Å². The first kappa shape index (κ1) is 13.1. The van der Waals surface area contributed by atoms with E-state index in [-0.39, 0.29) is 24.3 Å². The standard InChI is InChI=1S/C10H20N2O2/c1-4-5-9(13)6-12(8(2)3)7-10(11)14/h8H,4-7H2,1-3H3,(H2,11,14). The lowest BCUT2D eigenvalue weighted by molar-refractivity contribution is -0.123. The average molecular weight is 200 g/mol. The van der Waals surface area contributed by atoms with Crippen LogP contribution in [0.3, 0.4) is 0 Å². The summed E-state index contributed by atoms with van der Waals surface area (Å²) in [6.45, 7) is 6.34. The molecule has 82 valence electrons. The molecule has 0 atom stereocenters. The lowest BCUT2D eigenvalue weighted by atomic mass is 10.2. The molecule has 0 aromatic rings. The molecule has 0 heterocycles. The Morgan fingerprint density at radius 1 is 1.29 bits per heavy atom. The van der Waals surface area contributed by atoms with Crippen LogP contribution in [0, 0.1) is 0 Å². The molecule has 1 amide bonds. The maximum absolute atomic E-state index is 11.3. The first-order valence-corrected chi connectivity index (χ1v) is 5.01. The molecule has 0 saturated carbocycles. The van der Waals surface area contributed by atoms with Gasteiger partial charge in [0.25, 0.3) is 0 Å². The van der Waals surface area contributed by atoms with Crippen molar-refractivity contribution in [3.8, 4) is 0 Å². The number of hydrogen-bond donors (Lipinski definition) is 1. The van der Waals surface area contributed by atoms with Gasteiger partial charge in [0.05, 0.1) is 13.1 Å². The summed E-state index contributed by atoms with van der Waals surface area (Å²) in [4.78, 5) is 23.9. The van der Waals surface area contributed by atoms with Crippen LogP contribution in [0.4, 0.5) is 0 Å². The molecule has 4 heteroatoms. The van der Waals surface area contributed by atoms with Crippen molar-refractivity contribution in [1.82, 2.24) is 4.90 Å². The quantitative estimate of drug-likeness (QED) is 0.652. The molecular formula is C10H20N2O2. The van der Waals surface area contributed by atoms with Crippen LogP contribution < -0.4 is 5.73 Å². The van der Waals surface area contributed by atoms with Crippen molar-refractivity contribution >= 4 is 11.7 Å². The largest absolute Gasteiger partial charge is 0.369 e. The number of Topliss-reactive ketones (excluding diaryl/α,β-unsaturated/α-hetero) is 1. The zero-order chi connectivity index (χ0) is 11.1. The van der Waals surface area contributed by atoms with Crippen molar-refractivity contribution in [2.45, 2.75) is 39.7 Å². The van der Waals surface area contributed by atoms with Crippen LogP contribution in [-0.4, -0.2) is 35.7 Å². The van der Waals surface area contributed by atoms with Gasteiger partial charge in [-0.25, -0.2) is 0 Å². The van der Waals surface area contributed by atoms with Crippen LogP contribution in [0.15, 0.2) is 0 Å². The van der Waals surface area contributed by atoms with E-state index in [1.54, 1.807) is 4.90 Å². The molecule has 0 aromatic carbocycles. The summed E-state index contributed by atoms with van der Waals surface area (Å²) in [5.41, 5.74) is 5.09. The highest BCUT2D eigenvalue weighted by molar-refractivity contribution is 5.82. The third-order valence-corrected chi connectivity index (χ3v) is 2.00. The molecular weight excluding hydrogens is 180 g/mol. The summed E-state index contributed by atoms with van der Waals surface area (Å²) in [5, 5.41) is 0. The minimum absolute atomic E-state index is 0.160. The van der Waals surface area contributed by atoms with Gasteiger partial charge in [-0.1, -0.05) is 6.92 Å². The predicted molar refractivity (Wildman–Crippen MR) is 55.8 cm³/mol. The molecule has 0 radical (unpaired) electrons. The Hall–Kier alpha value is -0.900. The van der Waals surface area contributed by atoms with E-state index >= 15 is 0 Å². The molecule has 0 aliphatic rings. The third-order valence-electron chi connectivity index (χ3n) is 2.00. The van der Waals surface area contributed by atoms with Crippen molar-refractivity contribution in [1.29, 1.82) is 0 Å². The van der Waals surface area contributed by atoms with Gasteiger partial charge in [-0.2, -0.15) is 0 Å². The van der Waals surface area contributed by atoms with Gasteiger partial charge < -0.3 is 5.73 Å². The number of nitrogens with two attached hydrogens (primary N) is 1. The normalized spacial score (nSPS) is 10.9. The van der Waals surface area contributed by atoms with Crippen LogP contribution in [-0.2, 0) is 9.59 Å². The van der Waals surface area contributed by atoms with Crippen LogP contribution >= 0.6 is 0 Å². The van der Waals surface area contributed by atoms with Gasteiger partial charge in [-0.15, -0.1) is 0 Å². The summed E-state index contributed by atoms with van der Waals surface area (Å²) in [6, 6.07) is 0.170. The molecule has 0 rings (SSSR count). The highest BCUT2D eigenvalue weighted by Crippen LogP contribution is 2.00. The first-order valence-electron chi connectivity index (χ1n) is 5.01. The van der Waals surface area contributed by atoms with Crippen LogP contribution in [0.5, 0.6) is 0 Å². The summed E-state index contributed by atoms with van der Waals surface area (Å²) in [7, 11) is 0. The van der Waals surface area contributed by atoms with Gasteiger partial charge in [0.1, 0.15) is 5.78 Å². The fraction of sp³-hybridized carbons (Fsp3) is 0.800. The fourth-order valence-electron chi connectivity index (χ4n) is 1.21. The van der Waals surface area contributed by atoms with Crippen LogP contribution in [0.25, 0.3) is 0 Å². The molecule has 0 spiro atoms. The second-order valence-corrected chi connectivity index (χ2v) is 3.75. The number of carbonyl (C=O) groups excluding carboxylic acids is 2. The van der Waals surface area contributed by atoms with E-state index in [0.717, 1.165) is 6.42 Å². The van der Waals surface area contributed by atoms with Crippen LogP contribution in [0.2, 0.25) is 0 Å². The van der Waals surface area contributed by atoms with Gasteiger partial charge in [0, 0.05) is 12.5 Å². The molecule has 0 unspecified atom stereocenters. The zero-order valence-electron chi connectivity index (χ0n) is 9.25. The van der Waals surface area contributed by atoms with E-state index in [4.69, 9.17) is 5.73 Å². The van der Waals surface area contributed by atoms with Crippen LogP contribution in [0.1, 0.15) is 33.6 Å². The number of carbonyl (C=O) groups is 2. The molecule has 0 aliphatic carbocycles. The lowest BCUT2D eigenvalue weighted by Gasteiger charge is -2.23. The number of primary amides is 1. The molecule has 0 bridgehead atoms. The number of ketones is 1. The molecule has 14 heavy (non-hydrogen) atoms. The Bertz CT molecular complexity index is 202. The Labute approximate surface area is 85.4 Å². The topological polar surface area (TPSA) is 63.4 Å². The second kappa shape index (κ2) is 6.54. The van der Waals surface area contributed by atoms with Gasteiger partial charge in [-0.05, 0) is 20.3 Å². The fourth-order valence-corrected chi connectivity index (χ4v) is 1.21. The van der Waals surface area contributed by atoms with Gasteiger partial charge in [0.2, 0.25) is 5.91 Å². The highest BCUT2D eigenvalue weighted by Gasteiger charge is 2.15. The lowest BCUT2D eigenvalue weighted by Crippen LogP contribution is -2.41. The van der Waals surface area contributed by atoms with Crippen molar-refractivity contribution < 1.29 is 9.59 Å². The van der Waals surface area contributed by atoms with E-state index in [1.165, 1.54) is 0 Å². The van der Waals surface area contributed by atoms with Gasteiger partial charge in [-0.3, -0.25) is 14.5 Å². The minimum Gasteiger partial charge on any atom is -0.369 e. The predicted octanol–water partition coefficient (Wildman–Crippen LogP) is 0.551. The first-order chi connectivity index (χ1) is 6.47. The Morgan fingerprint density at radius 2 is 1.86 bits per heavy atom. The molecule has 4 nitrogen and oxygen atoms in total. The average Bonchev–Trinajstić information content (AvgIpc) is 2.02. The summed E-state index contributed by atoms with van der Waals surface area (Å²) in [5.74, 6) is -0.217. The number of nitrogens with zero attached hydrogens (tertiary/aromatic N) is 1. The summed E-state index contributed by atoms with van der Waals surface area (Å²) < 4.78 is 0. The van der Waals surface area contributed by atoms with Gasteiger partial charge >= 0.3 is 0 Å². The minimum atomic E-state index is -0.386. The van der Waals surface area contributed by atoms with Crippen molar-refractivity contribution in [3.63, 3.8) is 0 Å².